The van der Waals surface area contributed by atoms with Gasteiger partial charge in [-0.15, -0.1) is 0 Å². The third kappa shape index (κ3) is 3.84. The van der Waals surface area contributed by atoms with E-state index in [1.165, 1.54) is 21.6 Å². The van der Waals surface area contributed by atoms with Crippen LogP contribution in [0.4, 0.5) is 5.13 Å². The van der Waals surface area contributed by atoms with Crippen molar-refractivity contribution in [1.82, 2.24) is 9.88 Å². The zero-order valence-corrected chi connectivity index (χ0v) is 16.9. The zero-order valence-electron chi connectivity index (χ0n) is 16.1. The average molecular weight is 380 g/mol. The first kappa shape index (κ1) is 18.0. The monoisotopic (exact) mass is 379 g/mol. The average Bonchev–Trinajstić information content (AvgIpc) is 3.14. The Morgan fingerprint density at radius 2 is 1.52 bits per heavy atom. The lowest BCUT2D eigenvalue weighted by molar-refractivity contribution is 0.313. The molecule has 0 atom stereocenters. The topological polar surface area (TPSA) is 28.6 Å². The van der Waals surface area contributed by atoms with Gasteiger partial charge in [-0.25, -0.2) is 4.98 Å². The van der Waals surface area contributed by atoms with Gasteiger partial charge in [0, 0.05) is 31.7 Å². The first-order valence-corrected chi connectivity index (χ1v) is 10.1. The highest BCUT2D eigenvalue weighted by Crippen LogP contribution is 2.41. The lowest BCUT2D eigenvalue weighted by atomic mass is 10.1. The molecule has 1 fully saturated rings. The number of hydrogen-bond acceptors (Lipinski definition) is 5. The first-order valence-electron chi connectivity index (χ1n) is 9.30. The van der Waals surface area contributed by atoms with Crippen molar-refractivity contribution < 1.29 is 4.74 Å². The minimum atomic E-state index is 0.874. The molecule has 1 saturated heterocycles. The number of aromatic nitrogens is 1. The van der Waals surface area contributed by atoms with Crippen LogP contribution in [0.25, 0.3) is 21.7 Å². The second kappa shape index (κ2) is 7.71. The molecule has 0 aliphatic carbocycles. The zero-order chi connectivity index (χ0) is 18.8. The minimum Gasteiger partial charge on any atom is -0.497 e. The Bertz CT molecular complexity index is 894. The number of methoxy groups -OCH3 is 1. The van der Waals surface area contributed by atoms with E-state index in [9.17, 15) is 0 Å². The number of piperazine rings is 1. The van der Waals surface area contributed by atoms with Gasteiger partial charge in [-0.3, -0.25) is 0 Å². The molecule has 4 rings (SSSR count). The Morgan fingerprint density at radius 1 is 0.889 bits per heavy atom. The van der Waals surface area contributed by atoms with Crippen molar-refractivity contribution in [3.8, 4) is 27.4 Å². The van der Waals surface area contributed by atoms with E-state index in [-0.39, 0.29) is 0 Å². The van der Waals surface area contributed by atoms with Crippen molar-refractivity contribution in [3.05, 3.63) is 54.1 Å². The second-order valence-electron chi connectivity index (χ2n) is 7.06. The van der Waals surface area contributed by atoms with Crippen molar-refractivity contribution in [2.45, 2.75) is 6.92 Å². The number of benzene rings is 2. The summed E-state index contributed by atoms with van der Waals surface area (Å²) in [4.78, 5) is 11.1. The Hall–Kier alpha value is -2.37. The van der Waals surface area contributed by atoms with Gasteiger partial charge in [0.15, 0.2) is 5.13 Å². The number of thiazole rings is 1. The van der Waals surface area contributed by atoms with Crippen molar-refractivity contribution >= 4 is 16.5 Å². The van der Waals surface area contributed by atoms with Gasteiger partial charge in [0.05, 0.1) is 17.7 Å². The normalized spacial score (nSPS) is 15.1. The highest BCUT2D eigenvalue weighted by molar-refractivity contribution is 7.19. The van der Waals surface area contributed by atoms with Gasteiger partial charge in [0.2, 0.25) is 0 Å². The van der Waals surface area contributed by atoms with Gasteiger partial charge in [-0.05, 0) is 43.8 Å². The molecule has 0 bridgehead atoms. The van der Waals surface area contributed by atoms with Gasteiger partial charge in [0.25, 0.3) is 0 Å². The maximum absolute atomic E-state index is 5.32. The molecular formula is C22H25N3OS. The van der Waals surface area contributed by atoms with Gasteiger partial charge >= 0.3 is 0 Å². The van der Waals surface area contributed by atoms with Crippen molar-refractivity contribution in [1.29, 1.82) is 0 Å². The molecule has 0 radical (unpaired) electrons. The van der Waals surface area contributed by atoms with E-state index in [1.807, 2.05) is 12.1 Å². The predicted molar refractivity (Wildman–Crippen MR) is 114 cm³/mol. The van der Waals surface area contributed by atoms with E-state index < -0.39 is 0 Å². The van der Waals surface area contributed by atoms with Crippen LogP contribution < -0.4 is 9.64 Å². The van der Waals surface area contributed by atoms with Gasteiger partial charge < -0.3 is 14.5 Å². The Balaban J connectivity index is 1.75. The number of nitrogens with zero attached hydrogens (tertiary/aromatic N) is 3. The molecule has 0 amide bonds. The lowest BCUT2D eigenvalue weighted by Gasteiger charge is -2.32. The number of hydrogen-bond donors (Lipinski definition) is 0. The van der Waals surface area contributed by atoms with E-state index in [4.69, 9.17) is 9.72 Å². The summed E-state index contributed by atoms with van der Waals surface area (Å²) in [5.41, 5.74) is 4.69. The van der Waals surface area contributed by atoms with E-state index in [1.54, 1.807) is 18.4 Å². The largest absolute Gasteiger partial charge is 0.497 e. The summed E-state index contributed by atoms with van der Waals surface area (Å²) in [6.07, 6.45) is 0. The minimum absolute atomic E-state index is 0.874. The maximum atomic E-state index is 5.32. The van der Waals surface area contributed by atoms with Crippen LogP contribution in [0.3, 0.4) is 0 Å². The number of ether oxygens (including phenoxy) is 1. The van der Waals surface area contributed by atoms with Crippen LogP contribution in [0.5, 0.6) is 5.75 Å². The summed E-state index contributed by atoms with van der Waals surface area (Å²) in [6.45, 7) is 6.33. The summed E-state index contributed by atoms with van der Waals surface area (Å²) in [5.74, 6) is 0.874. The molecule has 0 saturated carbocycles. The molecule has 4 nitrogen and oxygen atoms in total. The predicted octanol–water partition coefficient (Wildman–Crippen LogP) is 4.55. The van der Waals surface area contributed by atoms with Crippen molar-refractivity contribution in [2.75, 3.05) is 45.2 Å². The molecule has 140 valence electrons. The third-order valence-electron chi connectivity index (χ3n) is 5.07. The molecule has 0 N–H and O–H groups in total. The number of aryl methyl sites for hydroxylation is 1. The molecule has 2 aromatic carbocycles. The molecule has 1 aromatic heterocycles. The van der Waals surface area contributed by atoms with Crippen LogP contribution in [0, 0.1) is 6.92 Å². The Kier molecular flexibility index (Phi) is 5.14. The molecule has 27 heavy (non-hydrogen) atoms. The fraction of sp³-hybridized carbons (Fsp3) is 0.318. The van der Waals surface area contributed by atoms with Crippen LogP contribution in [0.2, 0.25) is 0 Å². The standard InChI is InChI=1S/C22H25N3OS/c1-16-4-6-17(7-5-16)20-21(18-8-10-19(26-3)11-9-18)27-22(23-20)25-14-12-24(2)13-15-25/h4-11H,12-15H2,1-3H3. The lowest BCUT2D eigenvalue weighted by Crippen LogP contribution is -2.44. The molecule has 0 spiro atoms. The van der Waals surface area contributed by atoms with E-state index in [0.717, 1.165) is 42.8 Å². The molecule has 1 aliphatic rings. The van der Waals surface area contributed by atoms with Crippen LogP contribution in [-0.2, 0) is 0 Å². The van der Waals surface area contributed by atoms with E-state index in [2.05, 4.69) is 60.2 Å². The fourth-order valence-electron chi connectivity index (χ4n) is 3.29. The highest BCUT2D eigenvalue weighted by atomic mass is 32.1. The van der Waals surface area contributed by atoms with Crippen LogP contribution >= 0.6 is 11.3 Å². The SMILES string of the molecule is COc1ccc(-c2sc(N3CCN(C)CC3)nc2-c2ccc(C)cc2)cc1. The molecule has 3 aromatic rings. The molecule has 0 unspecified atom stereocenters. The van der Waals surface area contributed by atoms with Crippen molar-refractivity contribution in [2.24, 2.45) is 0 Å². The van der Waals surface area contributed by atoms with E-state index >= 15 is 0 Å². The van der Waals surface area contributed by atoms with Gasteiger partial charge in [0.1, 0.15) is 5.75 Å². The summed E-state index contributed by atoms with van der Waals surface area (Å²) in [7, 11) is 3.88. The van der Waals surface area contributed by atoms with Crippen LogP contribution in [0.1, 0.15) is 5.56 Å². The summed E-state index contributed by atoms with van der Waals surface area (Å²) >= 11 is 1.79. The fourth-order valence-corrected chi connectivity index (χ4v) is 4.43. The van der Waals surface area contributed by atoms with Gasteiger partial charge in [-0.1, -0.05) is 41.2 Å². The maximum Gasteiger partial charge on any atom is 0.186 e. The van der Waals surface area contributed by atoms with Gasteiger partial charge in [-0.2, -0.15) is 0 Å². The molecule has 2 heterocycles. The van der Waals surface area contributed by atoms with Crippen molar-refractivity contribution in [3.63, 3.8) is 0 Å². The number of rotatable bonds is 4. The third-order valence-corrected chi connectivity index (χ3v) is 6.23. The molecule has 1 aliphatic heterocycles. The van der Waals surface area contributed by atoms with Crippen LogP contribution in [0.15, 0.2) is 48.5 Å². The summed E-state index contributed by atoms with van der Waals surface area (Å²) in [5, 5.41) is 1.12. The smallest absolute Gasteiger partial charge is 0.186 e. The van der Waals surface area contributed by atoms with E-state index in [0.29, 0.717) is 0 Å². The highest BCUT2D eigenvalue weighted by Gasteiger charge is 2.21. The molecular weight excluding hydrogens is 354 g/mol. The van der Waals surface area contributed by atoms with Crippen LogP contribution in [-0.4, -0.2) is 50.2 Å². The Labute approximate surface area is 165 Å². The Morgan fingerprint density at radius 3 is 2.15 bits per heavy atom. The summed E-state index contributed by atoms with van der Waals surface area (Å²) in [6, 6.07) is 16.9. The summed E-state index contributed by atoms with van der Waals surface area (Å²) < 4.78 is 5.32. The quantitative estimate of drug-likeness (QED) is 0.665. The number of likely N-dealkylation sites (N-methyl/N-ethyl adjacent to an activating group) is 1. The number of anilines is 1. The first-order chi connectivity index (χ1) is 13.1. The molecule has 5 heteroatoms. The second-order valence-corrected chi connectivity index (χ2v) is 8.04.